The molecule has 88 valence electrons. The standard InChI is InChI=1S/C15H16O2/c1-17-11-6-8-12-10(9-11)5-7-14-13(12)3-2-4-15(14)16/h6,8-9H,2-5,7H2,1H3. The molecular weight excluding hydrogens is 212 g/mol. The molecule has 2 nitrogen and oxygen atoms in total. The molecular formula is C15H16O2. The summed E-state index contributed by atoms with van der Waals surface area (Å²) in [7, 11) is 1.69. The number of methoxy groups -OCH3 is 1. The van der Waals surface area contributed by atoms with E-state index in [1.807, 2.05) is 6.07 Å². The van der Waals surface area contributed by atoms with E-state index in [1.54, 1.807) is 7.11 Å². The van der Waals surface area contributed by atoms with Crippen LogP contribution < -0.4 is 4.74 Å². The van der Waals surface area contributed by atoms with Crippen molar-refractivity contribution in [3.05, 3.63) is 34.9 Å². The van der Waals surface area contributed by atoms with E-state index in [1.165, 1.54) is 16.7 Å². The Labute approximate surface area is 101 Å². The first kappa shape index (κ1) is 10.6. The van der Waals surface area contributed by atoms with E-state index in [0.29, 0.717) is 5.78 Å². The molecule has 0 fully saturated rings. The van der Waals surface area contributed by atoms with E-state index >= 15 is 0 Å². The van der Waals surface area contributed by atoms with Crippen molar-refractivity contribution in [3.8, 4) is 5.75 Å². The summed E-state index contributed by atoms with van der Waals surface area (Å²) in [5.41, 5.74) is 5.00. The fourth-order valence-corrected chi connectivity index (χ4v) is 2.94. The maximum absolute atomic E-state index is 11.9. The molecule has 0 aromatic heterocycles. The minimum atomic E-state index is 0.368. The number of hydrogen-bond donors (Lipinski definition) is 0. The molecule has 0 amide bonds. The fourth-order valence-electron chi connectivity index (χ4n) is 2.94. The molecule has 0 aliphatic heterocycles. The molecule has 0 unspecified atom stereocenters. The van der Waals surface area contributed by atoms with Gasteiger partial charge in [-0.3, -0.25) is 4.79 Å². The predicted molar refractivity (Wildman–Crippen MR) is 67.1 cm³/mol. The monoisotopic (exact) mass is 228 g/mol. The third kappa shape index (κ3) is 1.68. The van der Waals surface area contributed by atoms with Gasteiger partial charge in [0.15, 0.2) is 5.78 Å². The van der Waals surface area contributed by atoms with Crippen LogP contribution in [-0.4, -0.2) is 12.9 Å². The molecule has 17 heavy (non-hydrogen) atoms. The van der Waals surface area contributed by atoms with E-state index in [0.717, 1.165) is 43.4 Å². The summed E-state index contributed by atoms with van der Waals surface area (Å²) in [5.74, 6) is 1.28. The number of fused-ring (bicyclic) bond motifs is 2. The minimum absolute atomic E-state index is 0.368. The Kier molecular flexibility index (Phi) is 2.50. The maximum Gasteiger partial charge on any atom is 0.159 e. The molecule has 0 N–H and O–H groups in total. The van der Waals surface area contributed by atoms with Gasteiger partial charge in [-0.2, -0.15) is 0 Å². The first-order valence-corrected chi connectivity index (χ1v) is 6.22. The van der Waals surface area contributed by atoms with Crippen molar-refractivity contribution in [2.45, 2.75) is 32.1 Å². The minimum Gasteiger partial charge on any atom is -0.497 e. The second-order valence-electron chi connectivity index (χ2n) is 4.76. The van der Waals surface area contributed by atoms with E-state index in [9.17, 15) is 4.79 Å². The molecule has 0 saturated carbocycles. The Morgan fingerprint density at radius 3 is 2.76 bits per heavy atom. The van der Waals surface area contributed by atoms with Gasteiger partial charge in [0.05, 0.1) is 7.11 Å². The van der Waals surface area contributed by atoms with E-state index in [-0.39, 0.29) is 0 Å². The number of rotatable bonds is 1. The van der Waals surface area contributed by atoms with Crippen LogP contribution in [0.15, 0.2) is 23.8 Å². The second-order valence-corrected chi connectivity index (χ2v) is 4.76. The molecule has 2 heteroatoms. The van der Waals surface area contributed by atoms with Crippen LogP contribution in [0.1, 0.15) is 36.8 Å². The van der Waals surface area contributed by atoms with Gasteiger partial charge < -0.3 is 4.74 Å². The quantitative estimate of drug-likeness (QED) is 0.738. The third-order valence-corrected chi connectivity index (χ3v) is 3.81. The highest BCUT2D eigenvalue weighted by Crippen LogP contribution is 2.39. The largest absolute Gasteiger partial charge is 0.497 e. The lowest BCUT2D eigenvalue weighted by Crippen LogP contribution is -2.16. The molecule has 0 atom stereocenters. The zero-order valence-corrected chi connectivity index (χ0v) is 10.1. The number of benzene rings is 1. The summed E-state index contributed by atoms with van der Waals surface area (Å²) < 4.78 is 5.25. The van der Waals surface area contributed by atoms with Crippen LogP contribution in [0.2, 0.25) is 0 Å². The zero-order valence-electron chi connectivity index (χ0n) is 10.1. The number of hydrogen-bond acceptors (Lipinski definition) is 2. The van der Waals surface area contributed by atoms with E-state index < -0.39 is 0 Å². The van der Waals surface area contributed by atoms with Gasteiger partial charge in [0.1, 0.15) is 5.75 Å². The van der Waals surface area contributed by atoms with Gasteiger partial charge in [-0.1, -0.05) is 6.07 Å². The number of ketones is 1. The summed E-state index contributed by atoms with van der Waals surface area (Å²) in [6.45, 7) is 0. The third-order valence-electron chi connectivity index (χ3n) is 3.81. The van der Waals surface area contributed by atoms with Crippen molar-refractivity contribution in [1.82, 2.24) is 0 Å². The topological polar surface area (TPSA) is 26.3 Å². The van der Waals surface area contributed by atoms with E-state index in [2.05, 4.69) is 12.1 Å². The van der Waals surface area contributed by atoms with Crippen molar-refractivity contribution in [3.63, 3.8) is 0 Å². The van der Waals surface area contributed by atoms with Gasteiger partial charge in [0.2, 0.25) is 0 Å². The Morgan fingerprint density at radius 2 is 1.94 bits per heavy atom. The SMILES string of the molecule is COc1ccc2c(c1)CCC1=C2CCCC1=O. The zero-order chi connectivity index (χ0) is 11.8. The highest BCUT2D eigenvalue weighted by molar-refractivity contribution is 6.05. The number of ether oxygens (including phenoxy) is 1. The molecule has 3 rings (SSSR count). The Morgan fingerprint density at radius 1 is 1.06 bits per heavy atom. The van der Waals surface area contributed by atoms with Gasteiger partial charge in [-0.15, -0.1) is 0 Å². The molecule has 0 bridgehead atoms. The molecule has 2 aliphatic rings. The van der Waals surface area contributed by atoms with Gasteiger partial charge >= 0.3 is 0 Å². The average Bonchev–Trinajstić information content (AvgIpc) is 2.38. The van der Waals surface area contributed by atoms with E-state index in [4.69, 9.17) is 4.74 Å². The number of carbonyl (C=O) groups is 1. The number of carbonyl (C=O) groups excluding carboxylic acids is 1. The lowest BCUT2D eigenvalue weighted by atomic mass is 9.78. The summed E-state index contributed by atoms with van der Waals surface area (Å²) in [5, 5.41) is 0. The summed E-state index contributed by atoms with van der Waals surface area (Å²) >= 11 is 0. The summed E-state index contributed by atoms with van der Waals surface area (Å²) in [6.07, 6.45) is 4.68. The van der Waals surface area contributed by atoms with Gasteiger partial charge in [0.25, 0.3) is 0 Å². The number of aryl methyl sites for hydroxylation is 1. The average molecular weight is 228 g/mol. The molecule has 0 radical (unpaired) electrons. The molecule has 1 aromatic rings. The van der Waals surface area contributed by atoms with Crippen LogP contribution in [0.3, 0.4) is 0 Å². The van der Waals surface area contributed by atoms with Gasteiger partial charge in [-0.05, 0) is 60.1 Å². The van der Waals surface area contributed by atoms with Crippen LogP contribution >= 0.6 is 0 Å². The highest BCUT2D eigenvalue weighted by Gasteiger charge is 2.26. The Bertz CT molecular complexity index is 512. The van der Waals surface area contributed by atoms with Crippen molar-refractivity contribution in [1.29, 1.82) is 0 Å². The molecule has 2 aliphatic carbocycles. The molecule has 0 spiro atoms. The van der Waals surface area contributed by atoms with Gasteiger partial charge in [0, 0.05) is 6.42 Å². The maximum atomic E-state index is 11.9. The smallest absolute Gasteiger partial charge is 0.159 e. The molecule has 0 saturated heterocycles. The number of allylic oxidation sites excluding steroid dienone is 2. The Balaban J connectivity index is 2.11. The normalized spacial score (nSPS) is 18.8. The lowest BCUT2D eigenvalue weighted by Gasteiger charge is -2.26. The van der Waals surface area contributed by atoms with Crippen LogP contribution in [0.25, 0.3) is 5.57 Å². The van der Waals surface area contributed by atoms with Crippen molar-refractivity contribution in [2.75, 3.05) is 7.11 Å². The van der Waals surface area contributed by atoms with Crippen molar-refractivity contribution < 1.29 is 9.53 Å². The molecule has 0 heterocycles. The van der Waals surface area contributed by atoms with Crippen LogP contribution in [-0.2, 0) is 11.2 Å². The highest BCUT2D eigenvalue weighted by atomic mass is 16.5. The first-order chi connectivity index (χ1) is 8.29. The molecule has 1 aromatic carbocycles. The van der Waals surface area contributed by atoms with Crippen molar-refractivity contribution in [2.24, 2.45) is 0 Å². The summed E-state index contributed by atoms with van der Waals surface area (Å²) in [4.78, 5) is 11.9. The lowest BCUT2D eigenvalue weighted by molar-refractivity contribution is -0.116. The summed E-state index contributed by atoms with van der Waals surface area (Å²) in [6, 6.07) is 6.22. The van der Waals surface area contributed by atoms with Crippen LogP contribution in [0, 0.1) is 0 Å². The van der Waals surface area contributed by atoms with Crippen LogP contribution in [0.4, 0.5) is 0 Å². The van der Waals surface area contributed by atoms with Crippen LogP contribution in [0.5, 0.6) is 5.75 Å². The van der Waals surface area contributed by atoms with Crippen molar-refractivity contribution >= 4 is 11.4 Å². The first-order valence-electron chi connectivity index (χ1n) is 6.22. The predicted octanol–water partition coefficient (Wildman–Crippen LogP) is 3.15. The Hall–Kier alpha value is -1.57. The fraction of sp³-hybridized carbons (Fsp3) is 0.400. The second kappa shape index (κ2) is 4.02. The van der Waals surface area contributed by atoms with Gasteiger partial charge in [-0.25, -0.2) is 0 Å². The number of Topliss-reactive ketones (excluding diaryl/α,β-unsaturated/α-hetero) is 1.